The number of ether oxygens (including phenoxy) is 1. The Kier molecular flexibility index (Phi) is 4.76. The van der Waals surface area contributed by atoms with Crippen LogP contribution in [0.5, 0.6) is 11.8 Å². The lowest BCUT2D eigenvalue weighted by atomic mass is 10.3. The van der Waals surface area contributed by atoms with E-state index in [1.807, 2.05) is 0 Å². The Morgan fingerprint density at radius 2 is 1.58 bits per heavy atom. The minimum Gasteiger partial charge on any atom is -0.421 e. The monoisotopic (exact) mass is 381 g/mol. The molecule has 0 fully saturated rings. The largest absolute Gasteiger partial charge is 0.421 e. The van der Waals surface area contributed by atoms with Crippen LogP contribution < -0.4 is 9.46 Å². The zero-order valence-corrected chi connectivity index (χ0v) is 13.7. The number of benzene rings is 2. The maximum absolute atomic E-state index is 13.5. The lowest BCUT2D eigenvalue weighted by Gasteiger charge is -2.09. The van der Waals surface area contributed by atoms with Gasteiger partial charge in [0.2, 0.25) is 0 Å². The molecule has 0 aliphatic carbocycles. The van der Waals surface area contributed by atoms with Crippen LogP contribution in [0.3, 0.4) is 0 Å². The van der Waals surface area contributed by atoms with Gasteiger partial charge in [-0.25, -0.2) is 31.6 Å². The van der Waals surface area contributed by atoms with Gasteiger partial charge in [0.05, 0.1) is 23.0 Å². The number of nitrogens with one attached hydrogen (secondary N) is 1. The Hall–Kier alpha value is -3.14. The summed E-state index contributed by atoms with van der Waals surface area (Å²) >= 11 is 0. The molecule has 134 valence electrons. The van der Waals surface area contributed by atoms with Gasteiger partial charge in [-0.05, 0) is 30.3 Å². The van der Waals surface area contributed by atoms with Crippen molar-refractivity contribution in [3.63, 3.8) is 0 Å². The van der Waals surface area contributed by atoms with E-state index in [-0.39, 0.29) is 17.4 Å². The van der Waals surface area contributed by atoms with Crippen LogP contribution in [-0.2, 0) is 10.0 Å². The zero-order chi connectivity index (χ0) is 18.7. The number of nitrogens with zero attached hydrogens (tertiary/aromatic N) is 2. The van der Waals surface area contributed by atoms with E-state index in [2.05, 4.69) is 14.7 Å². The Balaban J connectivity index is 1.76. The second-order valence-corrected chi connectivity index (χ2v) is 6.65. The van der Waals surface area contributed by atoms with Gasteiger partial charge >= 0.3 is 6.01 Å². The first kappa shape index (κ1) is 17.7. The van der Waals surface area contributed by atoms with E-state index in [0.717, 1.165) is 18.5 Å². The fourth-order valence-electron chi connectivity index (χ4n) is 1.91. The number of hydrogen-bond donors (Lipinski definition) is 1. The molecule has 1 aromatic heterocycles. The lowest BCUT2D eigenvalue weighted by molar-refractivity contribution is 0.411. The minimum absolute atomic E-state index is 0.0457. The molecule has 0 unspecified atom stereocenters. The maximum atomic E-state index is 13.5. The van der Waals surface area contributed by atoms with Crippen LogP contribution in [0.4, 0.5) is 18.9 Å². The molecule has 0 saturated heterocycles. The SMILES string of the molecule is O=S(=O)(Nc1cnc(Oc2ccccc2F)nc1)c1ccc(F)c(F)c1. The fourth-order valence-corrected chi connectivity index (χ4v) is 2.94. The van der Waals surface area contributed by atoms with Crippen molar-refractivity contribution in [2.45, 2.75) is 4.90 Å². The van der Waals surface area contributed by atoms with Crippen LogP contribution in [-0.4, -0.2) is 18.4 Å². The molecule has 10 heteroatoms. The third-order valence-electron chi connectivity index (χ3n) is 3.12. The number of sulfonamides is 1. The summed E-state index contributed by atoms with van der Waals surface area (Å²) < 4.78 is 71.2. The predicted molar refractivity (Wildman–Crippen MR) is 85.7 cm³/mol. The highest BCUT2D eigenvalue weighted by Gasteiger charge is 2.17. The molecule has 3 aromatic rings. The van der Waals surface area contributed by atoms with Crippen molar-refractivity contribution >= 4 is 15.7 Å². The van der Waals surface area contributed by atoms with Gasteiger partial charge in [0.25, 0.3) is 10.0 Å². The van der Waals surface area contributed by atoms with Gasteiger partial charge in [0.15, 0.2) is 23.2 Å². The average molecular weight is 381 g/mol. The van der Waals surface area contributed by atoms with Gasteiger partial charge in [-0.1, -0.05) is 12.1 Å². The van der Waals surface area contributed by atoms with Crippen molar-refractivity contribution in [3.8, 4) is 11.8 Å². The Morgan fingerprint density at radius 1 is 0.885 bits per heavy atom. The van der Waals surface area contributed by atoms with Gasteiger partial charge in [0, 0.05) is 0 Å². The molecule has 1 N–H and O–H groups in total. The van der Waals surface area contributed by atoms with Crippen LogP contribution in [0.25, 0.3) is 0 Å². The highest BCUT2D eigenvalue weighted by atomic mass is 32.2. The maximum Gasteiger partial charge on any atom is 0.322 e. The van der Waals surface area contributed by atoms with Crippen molar-refractivity contribution in [2.24, 2.45) is 0 Å². The average Bonchev–Trinajstić information content (AvgIpc) is 2.60. The molecule has 6 nitrogen and oxygen atoms in total. The van der Waals surface area contributed by atoms with Crippen molar-refractivity contribution in [3.05, 3.63) is 72.3 Å². The number of anilines is 1. The molecule has 0 spiro atoms. The van der Waals surface area contributed by atoms with Crippen molar-refractivity contribution in [1.29, 1.82) is 0 Å². The Bertz CT molecular complexity index is 1040. The number of para-hydroxylation sites is 1. The summed E-state index contributed by atoms with van der Waals surface area (Å²) in [5, 5.41) is 0. The van der Waals surface area contributed by atoms with Crippen LogP contribution in [0.15, 0.2) is 59.8 Å². The Labute approximate surface area is 146 Å². The molecule has 0 radical (unpaired) electrons. The summed E-state index contributed by atoms with van der Waals surface area (Å²) in [6.45, 7) is 0. The van der Waals surface area contributed by atoms with E-state index in [1.165, 1.54) is 18.2 Å². The van der Waals surface area contributed by atoms with E-state index < -0.39 is 32.4 Å². The normalized spacial score (nSPS) is 11.2. The standard InChI is InChI=1S/C16H10F3N3O3S/c17-12-6-5-11(7-14(12)19)26(23,24)22-10-8-20-16(21-9-10)25-15-4-2-1-3-13(15)18/h1-9,22H. The molecular weight excluding hydrogens is 371 g/mol. The highest BCUT2D eigenvalue weighted by Crippen LogP contribution is 2.22. The van der Waals surface area contributed by atoms with E-state index >= 15 is 0 Å². The fraction of sp³-hybridized carbons (Fsp3) is 0. The van der Waals surface area contributed by atoms with Gasteiger partial charge in [-0.3, -0.25) is 4.72 Å². The second kappa shape index (κ2) is 7.00. The summed E-state index contributed by atoms with van der Waals surface area (Å²) in [5.74, 6) is -3.17. The van der Waals surface area contributed by atoms with Crippen LogP contribution in [0, 0.1) is 17.5 Å². The smallest absolute Gasteiger partial charge is 0.322 e. The van der Waals surface area contributed by atoms with E-state index in [1.54, 1.807) is 6.07 Å². The highest BCUT2D eigenvalue weighted by molar-refractivity contribution is 7.92. The zero-order valence-electron chi connectivity index (χ0n) is 12.9. The molecule has 0 aliphatic heterocycles. The molecule has 0 saturated carbocycles. The van der Waals surface area contributed by atoms with Gasteiger partial charge in [-0.15, -0.1) is 0 Å². The Morgan fingerprint density at radius 3 is 2.23 bits per heavy atom. The first-order valence-electron chi connectivity index (χ1n) is 7.07. The number of rotatable bonds is 5. The topological polar surface area (TPSA) is 81.2 Å². The summed E-state index contributed by atoms with van der Waals surface area (Å²) in [7, 11) is -4.17. The van der Waals surface area contributed by atoms with Crippen molar-refractivity contribution in [2.75, 3.05) is 4.72 Å². The summed E-state index contributed by atoms with van der Waals surface area (Å²) in [6, 6.07) is 7.57. The number of halogens is 3. The molecule has 3 rings (SSSR count). The summed E-state index contributed by atoms with van der Waals surface area (Å²) in [5.41, 5.74) is -0.0457. The molecule has 0 aliphatic rings. The molecule has 0 amide bonds. The lowest BCUT2D eigenvalue weighted by Crippen LogP contribution is -2.14. The summed E-state index contributed by atoms with van der Waals surface area (Å²) in [4.78, 5) is 7.06. The summed E-state index contributed by atoms with van der Waals surface area (Å²) in [6.07, 6.45) is 2.17. The quantitative estimate of drug-likeness (QED) is 0.732. The molecule has 0 atom stereocenters. The third kappa shape index (κ3) is 3.91. The molecular formula is C16H10F3N3O3S. The van der Waals surface area contributed by atoms with E-state index in [0.29, 0.717) is 12.1 Å². The van der Waals surface area contributed by atoms with Crippen molar-refractivity contribution in [1.82, 2.24) is 9.97 Å². The van der Waals surface area contributed by atoms with E-state index in [4.69, 9.17) is 4.74 Å². The molecule has 0 bridgehead atoms. The first-order chi connectivity index (χ1) is 12.3. The minimum atomic E-state index is -4.17. The number of aromatic nitrogens is 2. The molecule has 2 aromatic carbocycles. The predicted octanol–water partition coefficient (Wildman–Crippen LogP) is 3.49. The first-order valence-corrected chi connectivity index (χ1v) is 8.56. The van der Waals surface area contributed by atoms with Crippen LogP contribution in [0.2, 0.25) is 0 Å². The molecule has 1 heterocycles. The second-order valence-electron chi connectivity index (χ2n) is 4.97. The van der Waals surface area contributed by atoms with Crippen LogP contribution >= 0.6 is 0 Å². The van der Waals surface area contributed by atoms with Gasteiger partial charge < -0.3 is 4.74 Å². The van der Waals surface area contributed by atoms with Gasteiger partial charge in [0.1, 0.15) is 0 Å². The van der Waals surface area contributed by atoms with E-state index in [9.17, 15) is 21.6 Å². The molecule has 26 heavy (non-hydrogen) atoms. The van der Waals surface area contributed by atoms with Crippen molar-refractivity contribution < 1.29 is 26.3 Å². The van der Waals surface area contributed by atoms with Crippen LogP contribution in [0.1, 0.15) is 0 Å². The van der Waals surface area contributed by atoms with Gasteiger partial charge in [-0.2, -0.15) is 0 Å². The number of hydrogen-bond acceptors (Lipinski definition) is 5. The third-order valence-corrected chi connectivity index (χ3v) is 4.50.